The highest BCUT2D eigenvalue weighted by Crippen LogP contribution is 2.37. The van der Waals surface area contributed by atoms with Gasteiger partial charge in [-0.1, -0.05) is 30.3 Å². The third-order valence-electron chi connectivity index (χ3n) is 4.49. The summed E-state index contributed by atoms with van der Waals surface area (Å²) < 4.78 is 5.04. The molecule has 0 aliphatic heterocycles. The molecule has 142 valence electrons. The third kappa shape index (κ3) is 4.74. The molecule has 0 saturated heterocycles. The van der Waals surface area contributed by atoms with Gasteiger partial charge in [0.25, 0.3) is 5.91 Å². The number of nitrogens with two attached hydrogens (primary N) is 1. The van der Waals surface area contributed by atoms with E-state index in [9.17, 15) is 14.4 Å². The fraction of sp³-hybridized carbons (Fsp3) is 0.350. The molecule has 7 heteroatoms. The van der Waals surface area contributed by atoms with Crippen LogP contribution >= 0.6 is 11.3 Å². The third-order valence-corrected chi connectivity index (χ3v) is 5.74. The number of esters is 1. The van der Waals surface area contributed by atoms with Gasteiger partial charge in [-0.2, -0.15) is 0 Å². The Labute approximate surface area is 161 Å². The van der Waals surface area contributed by atoms with Crippen molar-refractivity contribution in [3.8, 4) is 0 Å². The number of benzene rings is 1. The molecule has 27 heavy (non-hydrogen) atoms. The van der Waals surface area contributed by atoms with Crippen LogP contribution in [0.4, 0.5) is 5.00 Å². The van der Waals surface area contributed by atoms with Crippen molar-refractivity contribution in [2.75, 3.05) is 18.5 Å². The van der Waals surface area contributed by atoms with Crippen LogP contribution in [0.3, 0.4) is 0 Å². The van der Waals surface area contributed by atoms with E-state index in [0.29, 0.717) is 17.7 Å². The van der Waals surface area contributed by atoms with Crippen LogP contribution in [0.1, 0.15) is 50.4 Å². The van der Waals surface area contributed by atoms with Gasteiger partial charge in [0.2, 0.25) is 0 Å². The van der Waals surface area contributed by atoms with Gasteiger partial charge >= 0.3 is 5.97 Å². The van der Waals surface area contributed by atoms with Gasteiger partial charge in [-0.05, 0) is 31.2 Å². The van der Waals surface area contributed by atoms with Crippen molar-refractivity contribution < 1.29 is 19.1 Å². The van der Waals surface area contributed by atoms with Gasteiger partial charge in [0.1, 0.15) is 5.00 Å². The molecule has 1 aromatic carbocycles. The Morgan fingerprint density at radius 1 is 1.11 bits per heavy atom. The molecule has 1 heterocycles. The summed E-state index contributed by atoms with van der Waals surface area (Å²) in [6, 6.07) is 8.70. The van der Waals surface area contributed by atoms with Gasteiger partial charge in [-0.15, -0.1) is 11.3 Å². The van der Waals surface area contributed by atoms with Crippen LogP contribution in [0, 0.1) is 0 Å². The van der Waals surface area contributed by atoms with Crippen molar-refractivity contribution in [2.24, 2.45) is 5.73 Å². The van der Waals surface area contributed by atoms with E-state index in [-0.39, 0.29) is 18.8 Å². The van der Waals surface area contributed by atoms with Crippen molar-refractivity contribution >= 4 is 34.0 Å². The number of aryl methyl sites for hydroxylation is 1. The average molecular weight is 386 g/mol. The number of primary amides is 1. The first-order chi connectivity index (χ1) is 13.1. The van der Waals surface area contributed by atoms with Crippen LogP contribution in [0.2, 0.25) is 0 Å². The molecular weight excluding hydrogens is 364 g/mol. The van der Waals surface area contributed by atoms with Crippen LogP contribution in [-0.2, 0) is 22.4 Å². The molecule has 0 saturated carbocycles. The molecule has 6 nitrogen and oxygen atoms in total. The molecule has 0 radical (unpaired) electrons. The highest BCUT2D eigenvalue weighted by atomic mass is 32.1. The van der Waals surface area contributed by atoms with E-state index in [0.717, 1.165) is 36.2 Å². The number of hydrogen-bond donors (Lipinski definition) is 2. The summed E-state index contributed by atoms with van der Waals surface area (Å²) >= 11 is 1.54. The van der Waals surface area contributed by atoms with E-state index in [2.05, 4.69) is 5.32 Å². The topological polar surface area (TPSA) is 98.5 Å². The lowest BCUT2D eigenvalue weighted by Gasteiger charge is -2.11. The summed E-state index contributed by atoms with van der Waals surface area (Å²) in [6.45, 7) is 0.0424. The van der Waals surface area contributed by atoms with E-state index >= 15 is 0 Å². The van der Waals surface area contributed by atoms with Crippen LogP contribution in [-0.4, -0.2) is 30.8 Å². The van der Waals surface area contributed by atoms with Crippen molar-refractivity contribution in [1.82, 2.24) is 0 Å². The molecular formula is C20H22N2O4S. The molecule has 0 fully saturated rings. The lowest BCUT2D eigenvalue weighted by Crippen LogP contribution is -2.18. The number of carbonyl (C=O) groups excluding carboxylic acids is 3. The van der Waals surface area contributed by atoms with Gasteiger partial charge in [0, 0.05) is 17.0 Å². The zero-order valence-corrected chi connectivity index (χ0v) is 15.8. The van der Waals surface area contributed by atoms with E-state index in [1.54, 1.807) is 24.3 Å². The normalized spacial score (nSPS) is 12.9. The van der Waals surface area contributed by atoms with Crippen LogP contribution in [0.25, 0.3) is 0 Å². The number of nitrogens with one attached hydrogen (secondary N) is 1. The zero-order chi connectivity index (χ0) is 19.2. The monoisotopic (exact) mass is 386 g/mol. The van der Waals surface area contributed by atoms with Gasteiger partial charge in [-0.25, -0.2) is 0 Å². The second-order valence-electron chi connectivity index (χ2n) is 6.41. The Hall–Kier alpha value is -2.67. The van der Waals surface area contributed by atoms with E-state index in [1.807, 2.05) is 6.07 Å². The quantitative estimate of drug-likeness (QED) is 0.537. The predicted molar refractivity (Wildman–Crippen MR) is 104 cm³/mol. The number of amides is 1. The Bertz CT molecular complexity index is 845. The smallest absolute Gasteiger partial charge is 0.308 e. The lowest BCUT2D eigenvalue weighted by atomic mass is 9.95. The molecule has 2 aromatic rings. The second kappa shape index (κ2) is 8.81. The standard InChI is InChI=1S/C20H22N2O4S/c21-19(25)18-14-8-4-5-9-16(14)27-20(18)22-11-10-17(24)26-12-15(23)13-6-2-1-3-7-13/h1-3,6-7,22H,4-5,8-12H2,(H2,21,25). The Kier molecular flexibility index (Phi) is 6.24. The van der Waals surface area contributed by atoms with Crippen LogP contribution in [0.5, 0.6) is 0 Å². The number of carbonyl (C=O) groups is 3. The minimum Gasteiger partial charge on any atom is -0.457 e. The SMILES string of the molecule is NC(=O)c1c(NCCC(=O)OCC(=O)c2ccccc2)sc2c1CCCC2. The van der Waals surface area contributed by atoms with Crippen LogP contribution < -0.4 is 11.1 Å². The maximum Gasteiger partial charge on any atom is 0.308 e. The van der Waals surface area contributed by atoms with Crippen molar-refractivity contribution in [3.05, 3.63) is 51.9 Å². The largest absolute Gasteiger partial charge is 0.457 e. The first kappa shape index (κ1) is 19.1. The number of anilines is 1. The van der Waals surface area contributed by atoms with Crippen molar-refractivity contribution in [2.45, 2.75) is 32.1 Å². The molecule has 0 bridgehead atoms. The summed E-state index contributed by atoms with van der Waals surface area (Å²) in [4.78, 5) is 36.8. The molecule has 0 atom stereocenters. The van der Waals surface area contributed by atoms with Crippen molar-refractivity contribution in [1.29, 1.82) is 0 Å². The summed E-state index contributed by atoms with van der Waals surface area (Å²) in [5.41, 5.74) is 7.67. The molecule has 0 spiro atoms. The van der Waals surface area contributed by atoms with Crippen molar-refractivity contribution in [3.63, 3.8) is 0 Å². The molecule has 0 unspecified atom stereocenters. The maximum atomic E-state index is 11.9. The number of Topliss-reactive ketones (excluding diaryl/α,β-unsaturated/α-hetero) is 1. The minimum absolute atomic E-state index is 0.100. The van der Waals surface area contributed by atoms with E-state index < -0.39 is 11.9 Å². The van der Waals surface area contributed by atoms with Crippen LogP contribution in [0.15, 0.2) is 30.3 Å². The number of rotatable bonds is 8. The van der Waals surface area contributed by atoms with Gasteiger partial charge in [0.15, 0.2) is 12.4 Å². The Balaban J connectivity index is 1.50. The Morgan fingerprint density at radius 3 is 2.59 bits per heavy atom. The minimum atomic E-state index is -0.464. The molecule has 3 rings (SSSR count). The molecule has 1 aromatic heterocycles. The van der Waals surface area contributed by atoms with E-state index in [1.165, 1.54) is 16.2 Å². The summed E-state index contributed by atoms with van der Waals surface area (Å²) in [6.07, 6.45) is 4.11. The molecule has 1 amide bonds. The Morgan fingerprint density at radius 2 is 1.85 bits per heavy atom. The first-order valence-electron chi connectivity index (χ1n) is 8.98. The zero-order valence-electron chi connectivity index (χ0n) is 15.0. The number of hydrogen-bond acceptors (Lipinski definition) is 6. The number of ketones is 1. The van der Waals surface area contributed by atoms with Gasteiger partial charge < -0.3 is 15.8 Å². The predicted octanol–water partition coefficient (Wildman–Crippen LogP) is 2.95. The highest BCUT2D eigenvalue weighted by Gasteiger charge is 2.23. The number of fused-ring (bicyclic) bond motifs is 1. The maximum absolute atomic E-state index is 11.9. The summed E-state index contributed by atoms with van der Waals surface area (Å²) in [5, 5.41) is 3.86. The van der Waals surface area contributed by atoms with Gasteiger partial charge in [0.05, 0.1) is 12.0 Å². The second-order valence-corrected chi connectivity index (χ2v) is 7.51. The first-order valence-corrected chi connectivity index (χ1v) is 9.80. The summed E-state index contributed by atoms with van der Waals surface area (Å²) in [5.74, 6) is -1.14. The van der Waals surface area contributed by atoms with Gasteiger partial charge in [-0.3, -0.25) is 14.4 Å². The highest BCUT2D eigenvalue weighted by molar-refractivity contribution is 7.16. The lowest BCUT2D eigenvalue weighted by molar-refractivity contribution is -0.142. The molecule has 1 aliphatic rings. The fourth-order valence-electron chi connectivity index (χ4n) is 3.15. The fourth-order valence-corrected chi connectivity index (χ4v) is 4.47. The number of ether oxygens (including phenoxy) is 1. The van der Waals surface area contributed by atoms with E-state index in [4.69, 9.17) is 10.5 Å². The summed E-state index contributed by atoms with van der Waals surface area (Å²) in [7, 11) is 0. The molecule has 3 N–H and O–H groups in total. The molecule has 1 aliphatic carbocycles. The number of thiophene rings is 1. The average Bonchev–Trinajstić information content (AvgIpc) is 3.05.